The van der Waals surface area contributed by atoms with Gasteiger partial charge in [-0.25, -0.2) is 0 Å². The summed E-state index contributed by atoms with van der Waals surface area (Å²) in [5.41, 5.74) is 10.3. The first-order chi connectivity index (χ1) is 57.4. The van der Waals surface area contributed by atoms with E-state index in [0.29, 0.717) is 299 Å². The first-order valence-electron chi connectivity index (χ1n) is 40.2. The van der Waals surface area contributed by atoms with E-state index in [1.165, 1.54) is 0 Å². The molecule has 7 aromatic rings. The highest BCUT2D eigenvalue weighted by molar-refractivity contribution is 6.17. The average molecular weight is 1640 g/mol. The van der Waals surface area contributed by atoms with Gasteiger partial charge in [0.1, 0.15) is 98.6 Å². The first-order valence-corrected chi connectivity index (χ1v) is 40.7. The highest BCUT2D eigenvalue weighted by Crippen LogP contribution is 2.32. The maximum absolute atomic E-state index is 6.62. The fraction of sp³-hybridized carbons (Fsp3) is 0.528. The summed E-state index contributed by atoms with van der Waals surface area (Å²) in [5, 5.41) is 0. The molecule has 634 valence electrons. The van der Waals surface area contributed by atoms with E-state index in [2.05, 4.69) is 0 Å². The summed E-state index contributed by atoms with van der Waals surface area (Å²) in [7, 11) is 0. The summed E-state index contributed by atoms with van der Waals surface area (Å²) in [6.45, 7) is 18.0. The number of halogens is 1. The molecule has 4 fully saturated rings. The molecule has 27 heteroatoms. The van der Waals surface area contributed by atoms with E-state index in [1.807, 2.05) is 152 Å². The molecular weight excluding hydrogens is 1520 g/mol. The van der Waals surface area contributed by atoms with Crippen LogP contribution in [0.3, 0.4) is 0 Å². The van der Waals surface area contributed by atoms with E-state index in [-0.39, 0.29) is 43.5 Å². The molecule has 0 amide bonds. The molecule has 4 unspecified atom stereocenters. The molecule has 0 bridgehead atoms. The van der Waals surface area contributed by atoms with Crippen molar-refractivity contribution in [2.45, 2.75) is 96.4 Å². The summed E-state index contributed by atoms with van der Waals surface area (Å²) >= 11 is 6.61. The van der Waals surface area contributed by atoms with Gasteiger partial charge in [0, 0.05) is 24.1 Å². The number of rotatable bonds is 35. The molecule has 0 radical (unpaired) electrons. The van der Waals surface area contributed by atoms with Crippen LogP contribution in [0.4, 0.5) is 0 Å². The fourth-order valence-electron chi connectivity index (χ4n) is 12.1. The Morgan fingerprint density at radius 3 is 0.578 bits per heavy atom. The van der Waals surface area contributed by atoms with Crippen molar-refractivity contribution in [3.63, 3.8) is 0 Å². The summed E-state index contributed by atoms with van der Waals surface area (Å²) in [4.78, 5) is 0. The predicted octanol–water partition coefficient (Wildman–Crippen LogP) is 11.8. The van der Waals surface area contributed by atoms with E-state index >= 15 is 0 Å². The largest absolute Gasteiger partial charge is 0.489 e. The van der Waals surface area contributed by atoms with Gasteiger partial charge in [-0.05, 0) is 97.6 Å². The van der Waals surface area contributed by atoms with Crippen LogP contribution in [0.5, 0.6) is 34.5 Å². The zero-order chi connectivity index (χ0) is 79.6. The van der Waals surface area contributed by atoms with Crippen LogP contribution < -0.4 is 28.4 Å². The van der Waals surface area contributed by atoms with Crippen LogP contribution in [0.15, 0.2) is 152 Å². The van der Waals surface area contributed by atoms with Crippen LogP contribution >= 0.6 is 11.6 Å². The third-order valence-electron chi connectivity index (χ3n) is 18.3. The Hall–Kier alpha value is -7.17. The molecule has 4 aliphatic rings. The molecule has 4 aliphatic heterocycles. The van der Waals surface area contributed by atoms with Gasteiger partial charge in [0.05, 0.1) is 238 Å². The monoisotopic (exact) mass is 1630 g/mol. The van der Waals surface area contributed by atoms with Gasteiger partial charge in [0.25, 0.3) is 0 Å². The third-order valence-corrected chi connectivity index (χ3v) is 18.6. The van der Waals surface area contributed by atoms with E-state index in [9.17, 15) is 0 Å². The Kier molecular flexibility index (Phi) is 42.3. The molecule has 26 nitrogen and oxygen atoms in total. The molecule has 11 rings (SSSR count). The molecule has 0 N–H and O–H groups in total. The van der Waals surface area contributed by atoms with Crippen molar-refractivity contribution < 1.29 is 123 Å². The summed E-state index contributed by atoms with van der Waals surface area (Å²) in [6.07, 6.45) is -0.923. The standard InChI is InChI=1S/C89H115ClO26/c90-50-77-41-80(115-59-78-43-82(111-55-73-9-1-69(2-10-73)51-103-65-86-61-99-29-25-91-17-21-95-33-37-107-86)48-83(44-78)112-56-74-11-3-70(4-12-74)52-104-66-87-62-100-30-26-92-18-22-96-34-38-108-87)47-81(42-77)116-60-79-45-84(113-57-75-13-5-71(6-14-75)53-105-67-88-63-101-31-27-93-19-23-97-35-39-109-88)49-85(46-79)114-58-76-15-7-72(8-16-76)54-106-68-89-64-102-32-28-94-20-24-98-36-40-110-89/h1-16,41-49,86-89H,17-40,50-68H2. The van der Waals surface area contributed by atoms with Crippen molar-refractivity contribution in [1.82, 2.24) is 0 Å². The predicted molar refractivity (Wildman–Crippen MR) is 428 cm³/mol. The second-order valence-electron chi connectivity index (χ2n) is 27.8. The number of hydrogen-bond acceptors (Lipinski definition) is 26. The Balaban J connectivity index is 0.729. The summed E-state index contributed by atoms with van der Waals surface area (Å²) in [6, 6.07) is 49.9. The van der Waals surface area contributed by atoms with E-state index in [0.717, 1.165) is 61.2 Å². The molecule has 0 saturated carbocycles. The minimum absolute atomic E-state index is 0.160. The Labute approximate surface area is 686 Å². The van der Waals surface area contributed by atoms with Gasteiger partial charge < -0.3 is 123 Å². The number of benzene rings is 7. The highest BCUT2D eigenvalue weighted by Gasteiger charge is 2.19. The van der Waals surface area contributed by atoms with E-state index < -0.39 is 0 Å². The van der Waals surface area contributed by atoms with Crippen molar-refractivity contribution in [2.24, 2.45) is 0 Å². The third kappa shape index (κ3) is 36.6. The molecular formula is C89H115ClO26. The van der Waals surface area contributed by atoms with Gasteiger partial charge in [-0.2, -0.15) is 0 Å². The maximum atomic E-state index is 6.62. The Morgan fingerprint density at radius 1 is 0.198 bits per heavy atom. The van der Waals surface area contributed by atoms with Gasteiger partial charge >= 0.3 is 0 Å². The second kappa shape index (κ2) is 54.8. The lowest BCUT2D eigenvalue weighted by molar-refractivity contribution is -0.0921. The number of ether oxygens (including phenoxy) is 26. The molecule has 0 aromatic heterocycles. The van der Waals surface area contributed by atoms with E-state index in [4.69, 9.17) is 135 Å². The van der Waals surface area contributed by atoms with Crippen LogP contribution in [0.25, 0.3) is 0 Å². The van der Waals surface area contributed by atoms with Gasteiger partial charge in [-0.1, -0.05) is 97.1 Å². The van der Waals surface area contributed by atoms with Gasteiger partial charge in [0.15, 0.2) is 0 Å². The zero-order valence-corrected chi connectivity index (χ0v) is 67.4. The highest BCUT2D eigenvalue weighted by atomic mass is 35.5. The zero-order valence-electron chi connectivity index (χ0n) is 66.6. The Bertz CT molecular complexity index is 3260. The first kappa shape index (κ1) is 89.6. The van der Waals surface area contributed by atoms with Gasteiger partial charge in [0.2, 0.25) is 0 Å². The minimum Gasteiger partial charge on any atom is -0.489 e. The van der Waals surface area contributed by atoms with Crippen molar-refractivity contribution in [2.75, 3.05) is 211 Å². The van der Waals surface area contributed by atoms with Crippen LogP contribution in [-0.2, 0) is 167 Å². The molecule has 7 aromatic carbocycles. The van der Waals surface area contributed by atoms with Crippen LogP contribution in [0, 0.1) is 0 Å². The van der Waals surface area contributed by atoms with E-state index in [1.54, 1.807) is 0 Å². The number of hydrogen-bond donors (Lipinski definition) is 0. The molecule has 0 aliphatic carbocycles. The smallest absolute Gasteiger partial charge is 0.123 e. The summed E-state index contributed by atoms with van der Waals surface area (Å²) < 4.78 is 156. The lowest BCUT2D eigenvalue weighted by atomic mass is 10.1. The average Bonchev–Trinajstić information content (AvgIpc) is 0.848. The minimum atomic E-state index is -0.231. The fourth-order valence-corrected chi connectivity index (χ4v) is 12.2. The van der Waals surface area contributed by atoms with Crippen molar-refractivity contribution >= 4 is 11.6 Å². The second-order valence-corrected chi connectivity index (χ2v) is 28.1. The maximum Gasteiger partial charge on any atom is 0.123 e. The van der Waals surface area contributed by atoms with Crippen LogP contribution in [0.2, 0.25) is 0 Å². The topological polar surface area (TPSA) is 240 Å². The van der Waals surface area contributed by atoms with Gasteiger partial charge in [-0.15, -0.1) is 11.6 Å². The lowest BCUT2D eigenvalue weighted by Gasteiger charge is -2.19. The van der Waals surface area contributed by atoms with Crippen molar-refractivity contribution in [3.8, 4) is 34.5 Å². The lowest BCUT2D eigenvalue weighted by Crippen LogP contribution is -2.29. The quantitative estimate of drug-likeness (QED) is 0.0335. The molecule has 116 heavy (non-hydrogen) atoms. The SMILES string of the molecule is ClCc1cc(OCc2cc(OCc3ccc(COCC4COCCOCCOCCO4)cc3)cc(OCc3ccc(COCC4COCCOCCOCCO4)cc3)c2)cc(OCc2cc(OCc3ccc(COCC4COCCOCCOCCO4)cc3)cc(OCc3ccc(COCC4COCCOCCOCCO4)cc3)c2)c1. The molecule has 4 saturated heterocycles. The van der Waals surface area contributed by atoms with Crippen LogP contribution in [0.1, 0.15) is 61.2 Å². The van der Waals surface area contributed by atoms with Crippen molar-refractivity contribution in [1.29, 1.82) is 0 Å². The molecule has 0 spiro atoms. The Morgan fingerprint density at radius 2 is 0.371 bits per heavy atom. The van der Waals surface area contributed by atoms with Gasteiger partial charge in [-0.3, -0.25) is 0 Å². The summed E-state index contributed by atoms with van der Waals surface area (Å²) in [5.74, 6) is 3.71. The molecule has 4 heterocycles. The normalized spacial score (nSPS) is 19.6. The molecule has 4 atom stereocenters. The van der Waals surface area contributed by atoms with Crippen molar-refractivity contribution in [3.05, 3.63) is 213 Å². The number of alkyl halides is 1. The van der Waals surface area contributed by atoms with Crippen LogP contribution in [-0.4, -0.2) is 236 Å².